The molecule has 1 aliphatic rings. The molecule has 0 aromatic rings. The van der Waals surface area contributed by atoms with Crippen LogP contribution in [-0.4, -0.2) is 36.6 Å². The maximum atomic E-state index is 11.9. The Balaban J connectivity index is 2.70. The number of likely N-dealkylation sites (tertiary alicyclic amines) is 1. The molecule has 0 N–H and O–H groups in total. The van der Waals surface area contributed by atoms with Crippen molar-refractivity contribution >= 4 is 5.97 Å². The van der Waals surface area contributed by atoms with Crippen LogP contribution in [0.25, 0.3) is 0 Å². The number of hydrogen-bond acceptors (Lipinski definition) is 3. The van der Waals surface area contributed by atoms with Crippen LogP contribution in [0.3, 0.4) is 0 Å². The summed E-state index contributed by atoms with van der Waals surface area (Å²) in [5.41, 5.74) is 0. The van der Waals surface area contributed by atoms with Gasteiger partial charge in [-0.15, -0.1) is 0 Å². The summed E-state index contributed by atoms with van der Waals surface area (Å²) in [6.45, 7) is 7.71. The van der Waals surface area contributed by atoms with Crippen molar-refractivity contribution in [1.82, 2.24) is 4.90 Å². The summed E-state index contributed by atoms with van der Waals surface area (Å²) >= 11 is 0. The van der Waals surface area contributed by atoms with Crippen molar-refractivity contribution in [2.75, 3.05) is 13.7 Å². The maximum absolute atomic E-state index is 11.9. The second-order valence-corrected chi connectivity index (χ2v) is 5.37. The van der Waals surface area contributed by atoms with E-state index in [0.29, 0.717) is 12.0 Å². The normalized spacial score (nSPS) is 23.0. The van der Waals surface area contributed by atoms with Gasteiger partial charge in [-0.05, 0) is 31.7 Å². The monoisotopic (exact) mass is 241 g/mol. The number of unbranched alkanes of at least 4 members (excludes halogenated alkanes) is 1. The summed E-state index contributed by atoms with van der Waals surface area (Å²) in [7, 11) is 1.50. The Hall–Kier alpha value is -0.570. The average molecular weight is 241 g/mol. The smallest absolute Gasteiger partial charge is 0.323 e. The summed E-state index contributed by atoms with van der Waals surface area (Å²) in [6.07, 6.45) is 5.60. The minimum atomic E-state index is -0.0500. The minimum absolute atomic E-state index is 0.0187. The number of esters is 1. The highest BCUT2D eigenvalue weighted by molar-refractivity contribution is 5.75. The van der Waals surface area contributed by atoms with Gasteiger partial charge < -0.3 is 4.74 Å². The lowest BCUT2D eigenvalue weighted by Gasteiger charge is -2.33. The van der Waals surface area contributed by atoms with Crippen LogP contribution < -0.4 is 0 Å². The molecular formula is C14H27NO2. The standard InChI is InChI=1S/C14H27NO2/c1-5-6-8-13(14(16)17-4)15-10-7-9-12(15)11(2)3/h11-13H,5-10H2,1-4H3. The molecule has 3 nitrogen and oxygen atoms in total. The number of rotatable bonds is 6. The third kappa shape index (κ3) is 3.70. The Morgan fingerprint density at radius 2 is 2.18 bits per heavy atom. The van der Waals surface area contributed by atoms with Gasteiger partial charge in [0, 0.05) is 6.04 Å². The number of hydrogen-bond donors (Lipinski definition) is 0. The third-order valence-electron chi connectivity index (χ3n) is 3.82. The van der Waals surface area contributed by atoms with Crippen LogP contribution in [0, 0.1) is 5.92 Å². The van der Waals surface area contributed by atoms with E-state index in [-0.39, 0.29) is 12.0 Å². The largest absolute Gasteiger partial charge is 0.468 e. The predicted molar refractivity (Wildman–Crippen MR) is 69.9 cm³/mol. The molecule has 1 saturated heterocycles. The zero-order valence-electron chi connectivity index (χ0n) is 11.7. The van der Waals surface area contributed by atoms with Gasteiger partial charge in [0.15, 0.2) is 0 Å². The fraction of sp³-hybridized carbons (Fsp3) is 0.929. The molecule has 0 radical (unpaired) electrons. The maximum Gasteiger partial charge on any atom is 0.323 e. The molecule has 0 saturated carbocycles. The van der Waals surface area contributed by atoms with Crippen LogP contribution in [-0.2, 0) is 9.53 Å². The van der Waals surface area contributed by atoms with Crippen LogP contribution in [0.4, 0.5) is 0 Å². The quantitative estimate of drug-likeness (QED) is 0.670. The highest BCUT2D eigenvalue weighted by Crippen LogP contribution is 2.28. The molecule has 1 heterocycles. The van der Waals surface area contributed by atoms with Gasteiger partial charge in [-0.2, -0.15) is 0 Å². The van der Waals surface area contributed by atoms with Crippen molar-refractivity contribution in [3.05, 3.63) is 0 Å². The van der Waals surface area contributed by atoms with E-state index in [1.54, 1.807) is 0 Å². The molecule has 2 atom stereocenters. The molecule has 17 heavy (non-hydrogen) atoms. The number of ether oxygens (including phenoxy) is 1. The van der Waals surface area contributed by atoms with Gasteiger partial charge in [-0.3, -0.25) is 9.69 Å². The van der Waals surface area contributed by atoms with Crippen molar-refractivity contribution in [3.8, 4) is 0 Å². The summed E-state index contributed by atoms with van der Waals surface area (Å²) < 4.78 is 4.97. The van der Waals surface area contributed by atoms with Crippen LogP contribution in [0.5, 0.6) is 0 Å². The SMILES string of the molecule is CCCCC(C(=O)OC)N1CCCC1C(C)C. The second kappa shape index (κ2) is 7.00. The first-order valence-electron chi connectivity index (χ1n) is 6.95. The fourth-order valence-corrected chi connectivity index (χ4v) is 2.87. The molecule has 0 aromatic heterocycles. The Morgan fingerprint density at radius 3 is 2.71 bits per heavy atom. The highest BCUT2D eigenvalue weighted by atomic mass is 16.5. The summed E-state index contributed by atoms with van der Waals surface area (Å²) in [5, 5.41) is 0. The van der Waals surface area contributed by atoms with Crippen molar-refractivity contribution in [3.63, 3.8) is 0 Å². The summed E-state index contributed by atoms with van der Waals surface area (Å²) in [6, 6.07) is 0.533. The minimum Gasteiger partial charge on any atom is -0.468 e. The van der Waals surface area contributed by atoms with Crippen molar-refractivity contribution in [2.45, 2.75) is 65.0 Å². The molecule has 0 aliphatic carbocycles. The van der Waals surface area contributed by atoms with Crippen LogP contribution in [0.1, 0.15) is 52.9 Å². The van der Waals surface area contributed by atoms with Gasteiger partial charge in [0.2, 0.25) is 0 Å². The summed E-state index contributed by atoms with van der Waals surface area (Å²) in [5.74, 6) is 0.567. The molecule has 3 heteroatoms. The van der Waals surface area contributed by atoms with Crippen LogP contribution >= 0.6 is 0 Å². The lowest BCUT2D eigenvalue weighted by atomic mass is 9.99. The van der Waals surface area contributed by atoms with E-state index < -0.39 is 0 Å². The lowest BCUT2D eigenvalue weighted by molar-refractivity contribution is -0.148. The van der Waals surface area contributed by atoms with Gasteiger partial charge in [-0.25, -0.2) is 0 Å². The van der Waals surface area contributed by atoms with E-state index in [9.17, 15) is 4.79 Å². The Labute approximate surface area is 106 Å². The van der Waals surface area contributed by atoms with E-state index in [2.05, 4.69) is 25.7 Å². The highest BCUT2D eigenvalue weighted by Gasteiger charge is 2.36. The second-order valence-electron chi connectivity index (χ2n) is 5.37. The number of methoxy groups -OCH3 is 1. The molecule has 2 unspecified atom stereocenters. The third-order valence-corrected chi connectivity index (χ3v) is 3.82. The van der Waals surface area contributed by atoms with Gasteiger partial charge in [0.25, 0.3) is 0 Å². The van der Waals surface area contributed by atoms with E-state index in [0.717, 1.165) is 25.8 Å². The molecule has 100 valence electrons. The zero-order valence-corrected chi connectivity index (χ0v) is 11.7. The van der Waals surface area contributed by atoms with Gasteiger partial charge in [0.05, 0.1) is 7.11 Å². The summed E-state index contributed by atoms with van der Waals surface area (Å²) in [4.78, 5) is 14.3. The van der Waals surface area contributed by atoms with E-state index >= 15 is 0 Å². The fourth-order valence-electron chi connectivity index (χ4n) is 2.87. The average Bonchev–Trinajstić information content (AvgIpc) is 2.78. The Morgan fingerprint density at radius 1 is 1.47 bits per heavy atom. The Bertz CT molecular complexity index is 240. The first kappa shape index (κ1) is 14.5. The van der Waals surface area contributed by atoms with Crippen molar-refractivity contribution < 1.29 is 9.53 Å². The molecular weight excluding hydrogens is 214 g/mol. The molecule has 1 rings (SSSR count). The van der Waals surface area contributed by atoms with E-state index in [4.69, 9.17) is 4.74 Å². The number of carbonyl (C=O) groups is 1. The van der Waals surface area contributed by atoms with Gasteiger partial charge in [0.1, 0.15) is 6.04 Å². The van der Waals surface area contributed by atoms with E-state index in [1.165, 1.54) is 20.0 Å². The Kier molecular flexibility index (Phi) is 5.96. The predicted octanol–water partition coefficient (Wildman–Crippen LogP) is 2.84. The van der Waals surface area contributed by atoms with Gasteiger partial charge in [-0.1, -0.05) is 33.6 Å². The van der Waals surface area contributed by atoms with Crippen LogP contribution in [0.15, 0.2) is 0 Å². The number of nitrogens with zero attached hydrogens (tertiary/aromatic N) is 1. The first-order valence-corrected chi connectivity index (χ1v) is 6.95. The lowest BCUT2D eigenvalue weighted by Crippen LogP contribution is -2.46. The molecule has 0 bridgehead atoms. The molecule has 1 aliphatic heterocycles. The first-order chi connectivity index (χ1) is 8.11. The van der Waals surface area contributed by atoms with Crippen molar-refractivity contribution in [1.29, 1.82) is 0 Å². The number of carbonyl (C=O) groups excluding carboxylic acids is 1. The van der Waals surface area contributed by atoms with Crippen LogP contribution in [0.2, 0.25) is 0 Å². The topological polar surface area (TPSA) is 29.5 Å². The molecule has 0 amide bonds. The van der Waals surface area contributed by atoms with Gasteiger partial charge >= 0.3 is 5.97 Å². The molecule has 0 spiro atoms. The van der Waals surface area contributed by atoms with E-state index in [1.807, 2.05) is 0 Å². The molecule has 1 fully saturated rings. The zero-order chi connectivity index (χ0) is 12.8. The van der Waals surface area contributed by atoms with Crippen molar-refractivity contribution in [2.24, 2.45) is 5.92 Å². The molecule has 0 aromatic carbocycles.